The van der Waals surface area contributed by atoms with Gasteiger partial charge in [-0.05, 0) is 23.8 Å². The van der Waals surface area contributed by atoms with Crippen LogP contribution in [-0.4, -0.2) is 40.9 Å². The SMILES string of the molecule is COc1cc(/C=C\c2cccc(OP(=O)(O)O)c2OP(=O)(O)O)cc(OC)c1OC. The van der Waals surface area contributed by atoms with E-state index in [1.165, 1.54) is 45.6 Å². The van der Waals surface area contributed by atoms with Gasteiger partial charge in [0.2, 0.25) is 5.75 Å². The van der Waals surface area contributed by atoms with Crippen molar-refractivity contribution in [3.05, 3.63) is 41.5 Å². The van der Waals surface area contributed by atoms with Crippen molar-refractivity contribution < 1.29 is 52.0 Å². The Hall–Kier alpha value is -2.52. The number of ether oxygens (including phenoxy) is 3. The number of para-hydroxylation sites is 1. The Labute approximate surface area is 171 Å². The predicted octanol–water partition coefficient (Wildman–Crippen LogP) is 2.83. The monoisotopic (exact) mass is 462 g/mol. The first-order valence-electron chi connectivity index (χ1n) is 8.09. The zero-order valence-corrected chi connectivity index (χ0v) is 17.9. The molecule has 11 nitrogen and oxygen atoms in total. The lowest BCUT2D eigenvalue weighted by Crippen LogP contribution is -1.98. The van der Waals surface area contributed by atoms with Crippen LogP contribution in [0.1, 0.15) is 11.1 Å². The van der Waals surface area contributed by atoms with Crippen molar-refractivity contribution in [3.63, 3.8) is 0 Å². The lowest BCUT2D eigenvalue weighted by atomic mass is 10.1. The fourth-order valence-corrected chi connectivity index (χ4v) is 3.30. The number of methoxy groups -OCH3 is 3. The Morgan fingerprint density at radius 3 is 1.77 bits per heavy atom. The summed E-state index contributed by atoms with van der Waals surface area (Å²) < 4.78 is 47.4. The minimum Gasteiger partial charge on any atom is -0.493 e. The first-order valence-corrected chi connectivity index (χ1v) is 11.1. The molecule has 2 rings (SSSR count). The average molecular weight is 462 g/mol. The van der Waals surface area contributed by atoms with E-state index in [0.29, 0.717) is 22.8 Å². The molecular weight excluding hydrogens is 442 g/mol. The Bertz CT molecular complexity index is 997. The lowest BCUT2D eigenvalue weighted by molar-refractivity contribution is 0.263. The van der Waals surface area contributed by atoms with Crippen LogP contribution in [-0.2, 0) is 9.13 Å². The Morgan fingerprint density at radius 1 is 0.733 bits per heavy atom. The highest BCUT2D eigenvalue weighted by Gasteiger charge is 2.25. The van der Waals surface area contributed by atoms with Crippen LogP contribution in [0.5, 0.6) is 28.7 Å². The summed E-state index contributed by atoms with van der Waals surface area (Å²) >= 11 is 0. The van der Waals surface area contributed by atoms with E-state index >= 15 is 0 Å². The number of hydrogen-bond donors (Lipinski definition) is 4. The minimum atomic E-state index is -5.06. The van der Waals surface area contributed by atoms with Crippen LogP contribution in [0.25, 0.3) is 12.2 Å². The van der Waals surface area contributed by atoms with Gasteiger partial charge in [-0.15, -0.1) is 0 Å². The summed E-state index contributed by atoms with van der Waals surface area (Å²) in [7, 11) is -5.73. The van der Waals surface area contributed by atoms with Gasteiger partial charge < -0.3 is 23.3 Å². The first-order chi connectivity index (χ1) is 14.0. The molecule has 13 heteroatoms. The van der Waals surface area contributed by atoms with E-state index < -0.39 is 27.1 Å². The van der Waals surface area contributed by atoms with Crippen molar-refractivity contribution >= 4 is 27.8 Å². The van der Waals surface area contributed by atoms with E-state index in [2.05, 4.69) is 9.05 Å². The fourth-order valence-electron chi connectivity index (χ4n) is 2.46. The molecule has 164 valence electrons. The van der Waals surface area contributed by atoms with Crippen LogP contribution in [0.3, 0.4) is 0 Å². The molecule has 0 saturated carbocycles. The third-order valence-electron chi connectivity index (χ3n) is 3.58. The molecular formula is C17H20O11P2. The predicted molar refractivity (Wildman–Crippen MR) is 107 cm³/mol. The Morgan fingerprint density at radius 2 is 1.30 bits per heavy atom. The molecule has 0 saturated heterocycles. The normalized spacial score (nSPS) is 12.0. The summed E-state index contributed by atoms with van der Waals surface area (Å²) in [6, 6.07) is 7.12. The van der Waals surface area contributed by atoms with E-state index in [9.17, 15) is 9.13 Å². The van der Waals surface area contributed by atoms with Crippen LogP contribution in [0.4, 0.5) is 0 Å². The smallest absolute Gasteiger partial charge is 0.493 e. The molecule has 0 atom stereocenters. The summed E-state index contributed by atoms with van der Waals surface area (Å²) in [6.45, 7) is 0. The highest BCUT2D eigenvalue weighted by molar-refractivity contribution is 7.47. The molecule has 0 radical (unpaired) electrons. The second-order valence-corrected chi connectivity index (χ2v) is 7.96. The van der Waals surface area contributed by atoms with Crippen LogP contribution >= 0.6 is 15.6 Å². The van der Waals surface area contributed by atoms with Gasteiger partial charge in [-0.1, -0.05) is 24.3 Å². The largest absolute Gasteiger partial charge is 0.524 e. The van der Waals surface area contributed by atoms with Crippen molar-refractivity contribution in [2.75, 3.05) is 21.3 Å². The molecule has 30 heavy (non-hydrogen) atoms. The Kier molecular flexibility index (Phi) is 7.54. The number of benzene rings is 2. The van der Waals surface area contributed by atoms with Gasteiger partial charge >= 0.3 is 15.6 Å². The second kappa shape index (κ2) is 9.53. The molecule has 0 spiro atoms. The average Bonchev–Trinajstić information content (AvgIpc) is 2.65. The van der Waals surface area contributed by atoms with Gasteiger partial charge in [-0.3, -0.25) is 19.6 Å². The molecule has 0 fully saturated rings. The molecule has 4 N–H and O–H groups in total. The van der Waals surface area contributed by atoms with Gasteiger partial charge in [0.1, 0.15) is 0 Å². The molecule has 0 aliphatic carbocycles. The molecule has 0 amide bonds. The third kappa shape index (κ3) is 6.50. The topological polar surface area (TPSA) is 161 Å². The number of phosphoric ester groups is 2. The maximum atomic E-state index is 11.3. The lowest BCUT2D eigenvalue weighted by Gasteiger charge is -2.15. The summed E-state index contributed by atoms with van der Waals surface area (Å²) in [5, 5.41) is 0. The maximum Gasteiger partial charge on any atom is 0.524 e. The van der Waals surface area contributed by atoms with Gasteiger partial charge in [0, 0.05) is 5.56 Å². The fraction of sp³-hybridized carbons (Fsp3) is 0.176. The second-order valence-electron chi connectivity index (χ2n) is 5.63. The van der Waals surface area contributed by atoms with Gasteiger partial charge in [-0.25, -0.2) is 9.13 Å². The third-order valence-corrected chi connectivity index (χ3v) is 4.43. The van der Waals surface area contributed by atoms with Crippen LogP contribution in [0.15, 0.2) is 30.3 Å². The quantitative estimate of drug-likeness (QED) is 0.320. The van der Waals surface area contributed by atoms with Crippen LogP contribution in [0.2, 0.25) is 0 Å². The van der Waals surface area contributed by atoms with Crippen molar-refractivity contribution in [1.82, 2.24) is 0 Å². The molecule has 0 heterocycles. The van der Waals surface area contributed by atoms with Gasteiger partial charge in [0.15, 0.2) is 23.0 Å². The van der Waals surface area contributed by atoms with E-state index in [0.717, 1.165) is 6.07 Å². The number of phosphoric acid groups is 2. The summed E-state index contributed by atoms with van der Waals surface area (Å²) in [4.78, 5) is 36.4. The molecule has 0 aromatic heterocycles. The van der Waals surface area contributed by atoms with Crippen molar-refractivity contribution in [3.8, 4) is 28.7 Å². The first kappa shape index (κ1) is 23.8. The van der Waals surface area contributed by atoms with E-state index in [1.54, 1.807) is 12.1 Å². The number of hydrogen-bond acceptors (Lipinski definition) is 7. The standard InChI is InChI=1S/C17H20O11P2/c1-24-14-9-11(10-15(25-2)17(14)26-3)7-8-12-5-4-6-13(27-29(18,19)20)16(12)28-30(21,22)23/h4-10H,1-3H3,(H2,18,19,20)(H2,21,22,23)/b8-7-. The molecule has 2 aromatic rings. The van der Waals surface area contributed by atoms with Gasteiger partial charge in [0.05, 0.1) is 21.3 Å². The highest BCUT2D eigenvalue weighted by atomic mass is 31.2. The Balaban J connectivity index is 2.54. The van der Waals surface area contributed by atoms with Crippen molar-refractivity contribution in [2.24, 2.45) is 0 Å². The maximum absolute atomic E-state index is 11.3. The summed E-state index contributed by atoms with van der Waals surface area (Å²) in [6.07, 6.45) is 2.94. The molecule has 0 unspecified atom stereocenters. The highest BCUT2D eigenvalue weighted by Crippen LogP contribution is 2.49. The van der Waals surface area contributed by atoms with E-state index in [-0.39, 0.29) is 5.56 Å². The van der Waals surface area contributed by atoms with Gasteiger partial charge in [0.25, 0.3) is 0 Å². The number of rotatable bonds is 9. The van der Waals surface area contributed by atoms with Crippen LogP contribution in [0, 0.1) is 0 Å². The molecule has 2 aromatic carbocycles. The minimum absolute atomic E-state index is 0.0815. The van der Waals surface area contributed by atoms with Crippen molar-refractivity contribution in [1.29, 1.82) is 0 Å². The summed E-state index contributed by atoms with van der Waals surface area (Å²) in [5.74, 6) is 0.0415. The molecule has 0 aliphatic rings. The molecule has 0 bridgehead atoms. The van der Waals surface area contributed by atoms with E-state index in [1.807, 2.05) is 0 Å². The molecule has 0 aliphatic heterocycles. The van der Waals surface area contributed by atoms with Crippen molar-refractivity contribution in [2.45, 2.75) is 0 Å². The van der Waals surface area contributed by atoms with Gasteiger partial charge in [-0.2, -0.15) is 0 Å². The van der Waals surface area contributed by atoms with Crippen LogP contribution < -0.4 is 23.3 Å². The zero-order valence-electron chi connectivity index (χ0n) is 16.1. The zero-order chi connectivity index (χ0) is 22.5. The van der Waals surface area contributed by atoms with E-state index in [4.69, 9.17) is 33.8 Å². The summed E-state index contributed by atoms with van der Waals surface area (Å²) in [5.41, 5.74) is 0.644.